The summed E-state index contributed by atoms with van der Waals surface area (Å²) >= 11 is 14.2. The highest BCUT2D eigenvalue weighted by Gasteiger charge is 2.65. The molecule has 4 heterocycles. The van der Waals surface area contributed by atoms with Crippen LogP contribution in [0.2, 0.25) is 0 Å². The molecule has 1 saturated heterocycles. The second-order valence-electron chi connectivity index (χ2n) is 18.6. The number of hydrogen-bond acceptors (Lipinski definition) is 8. The summed E-state index contributed by atoms with van der Waals surface area (Å²) in [5, 5.41) is 0. The summed E-state index contributed by atoms with van der Waals surface area (Å²) in [4.78, 5) is 31.7. The first kappa shape index (κ1) is 55.9. The highest BCUT2D eigenvalue weighted by molar-refractivity contribution is 14.1. The Balaban J connectivity index is 1.23. The fourth-order valence-corrected chi connectivity index (χ4v) is 16.5. The van der Waals surface area contributed by atoms with Crippen molar-refractivity contribution in [2.45, 2.75) is 89.6 Å². The zero-order chi connectivity index (χ0) is 50.8. The number of halogens is 6. The van der Waals surface area contributed by atoms with Gasteiger partial charge in [0, 0.05) is 80.7 Å². The molecule has 2 N–H and O–H groups in total. The molecule has 3 aromatic rings. The van der Waals surface area contributed by atoms with E-state index in [1.54, 1.807) is 0 Å². The summed E-state index contributed by atoms with van der Waals surface area (Å²) < 4.78 is 75.4. The molecular weight excluding hydrogens is 1600 g/mol. The maximum absolute atomic E-state index is 14.3. The van der Waals surface area contributed by atoms with Gasteiger partial charge >= 0.3 is 0 Å². The van der Waals surface area contributed by atoms with Crippen molar-refractivity contribution < 1.29 is 40.1 Å². The van der Waals surface area contributed by atoms with E-state index in [4.69, 9.17) is 0 Å². The lowest BCUT2D eigenvalue weighted by Gasteiger charge is -2.31. The Kier molecular flexibility index (Phi) is 17.4. The van der Waals surface area contributed by atoms with Crippen LogP contribution in [0.3, 0.4) is 0 Å². The van der Waals surface area contributed by atoms with Crippen molar-refractivity contribution in [2.75, 3.05) is 29.5 Å². The van der Waals surface area contributed by atoms with E-state index in [0.717, 1.165) is 63.9 Å². The molecule has 0 radical (unpaired) electrons. The number of rotatable bonds is 18. The van der Waals surface area contributed by atoms with Gasteiger partial charge in [0.15, 0.2) is 17.3 Å². The molecule has 4 atom stereocenters. The standard InChI is InChI=1S/C50H51I6N3O8S2/c1-7-29(2)46(60)34-21-22-39-50(6,59(34)39)47(61)30-17-19-31(20-18-30)49(5)38(58(24-14-26-69(65,66)67)36-28-33(52)43(54)45(56)41(36)49)16-12-10-8-9-11-15-37-48(3,4)40-35(27-32(51)42(53)44(40)55)57(37)23-13-25-68(62,63)64/h8-12,15-20,22,27-29,34H,7,13-14,21,23-26H2,1-6H3,(H-,62,63,64,65,66,67)/p+1. The Labute approximate surface area is 488 Å². The van der Waals surface area contributed by atoms with Crippen LogP contribution < -0.4 is 4.90 Å². The van der Waals surface area contributed by atoms with Crippen molar-refractivity contribution in [1.82, 2.24) is 4.90 Å². The van der Waals surface area contributed by atoms with Crippen molar-refractivity contribution in [2.24, 2.45) is 5.92 Å². The van der Waals surface area contributed by atoms with Crippen LogP contribution in [-0.4, -0.2) is 88.9 Å². The lowest BCUT2D eigenvalue weighted by Crippen LogP contribution is -2.38. The molecule has 1 fully saturated rings. The normalized spacial score (nSPS) is 22.9. The predicted molar refractivity (Wildman–Crippen MR) is 325 cm³/mol. The summed E-state index contributed by atoms with van der Waals surface area (Å²) in [5.41, 5.74) is 6.51. The fraction of sp³-hybridized carbons (Fsp3) is 0.380. The van der Waals surface area contributed by atoms with Crippen molar-refractivity contribution in [3.05, 3.63) is 140 Å². The molecule has 0 aromatic heterocycles. The first-order valence-corrected chi connectivity index (χ1v) is 32.0. The highest BCUT2D eigenvalue weighted by Crippen LogP contribution is 2.57. The molecule has 69 heavy (non-hydrogen) atoms. The third kappa shape index (κ3) is 10.8. The third-order valence-electron chi connectivity index (χ3n) is 13.9. The maximum atomic E-state index is 14.3. The van der Waals surface area contributed by atoms with Gasteiger partial charge in [0.25, 0.3) is 20.2 Å². The Bertz CT molecular complexity index is 3070. The first-order valence-electron chi connectivity index (χ1n) is 22.3. The summed E-state index contributed by atoms with van der Waals surface area (Å²) in [6.45, 7) is 13.1. The van der Waals surface area contributed by atoms with Gasteiger partial charge < -0.3 is 9.80 Å². The molecular formula is C50H52I6N3O8S2+. The van der Waals surface area contributed by atoms with Gasteiger partial charge in [-0.05, 0) is 200 Å². The number of anilines is 1. The Hall–Kier alpha value is -0.830. The Morgan fingerprint density at radius 3 is 2.01 bits per heavy atom. The second-order valence-corrected chi connectivity index (χ2v) is 28.3. The quantitative estimate of drug-likeness (QED) is 0.0239. The van der Waals surface area contributed by atoms with E-state index in [1.165, 1.54) is 9.13 Å². The van der Waals surface area contributed by atoms with Crippen molar-refractivity contribution in [3.63, 3.8) is 0 Å². The number of hydrogen-bond donors (Lipinski definition) is 2. The van der Waals surface area contributed by atoms with Crippen LogP contribution in [0.25, 0.3) is 0 Å². The summed E-state index contributed by atoms with van der Waals surface area (Å²) in [6, 6.07) is 11.7. The highest BCUT2D eigenvalue weighted by atomic mass is 127. The molecule has 11 nitrogen and oxygen atoms in total. The zero-order valence-electron chi connectivity index (χ0n) is 38.7. The summed E-state index contributed by atoms with van der Waals surface area (Å²) in [7, 11) is -8.33. The minimum Gasteiger partial charge on any atom is -0.345 e. The van der Waals surface area contributed by atoms with Crippen molar-refractivity contribution >= 4 is 184 Å². The molecule has 0 saturated carbocycles. The number of carbonyl (C=O) groups excluding carboxylic acids is 2. The average Bonchev–Trinajstić information content (AvgIpc) is 3.49. The molecule has 0 aliphatic carbocycles. The van der Waals surface area contributed by atoms with Gasteiger partial charge in [0.05, 0.1) is 33.9 Å². The number of ketones is 2. The molecule has 4 aliphatic rings. The number of fused-ring (bicyclic) bond motifs is 3. The van der Waals surface area contributed by atoms with E-state index in [1.807, 2.05) is 92.5 Å². The lowest BCUT2D eigenvalue weighted by molar-refractivity contribution is -0.437. The van der Waals surface area contributed by atoms with Crippen LogP contribution in [0.5, 0.6) is 0 Å². The van der Waals surface area contributed by atoms with Gasteiger partial charge in [-0.2, -0.15) is 21.4 Å². The third-order valence-corrected chi connectivity index (χ3v) is 25.7. The van der Waals surface area contributed by atoms with Crippen LogP contribution in [0.1, 0.15) is 94.3 Å². The first-order chi connectivity index (χ1) is 32.2. The molecule has 0 amide bonds. The van der Waals surface area contributed by atoms with Gasteiger partial charge in [-0.3, -0.25) is 18.7 Å². The van der Waals surface area contributed by atoms with Crippen LogP contribution in [0.15, 0.2) is 96.4 Å². The monoisotopic (exact) mass is 1650 g/mol. The Morgan fingerprint density at radius 1 is 0.812 bits per heavy atom. The largest absolute Gasteiger partial charge is 0.345 e. The van der Waals surface area contributed by atoms with Crippen LogP contribution in [0.4, 0.5) is 11.4 Å². The van der Waals surface area contributed by atoms with Crippen LogP contribution in [-0.2, 0) is 35.9 Å². The van der Waals surface area contributed by atoms with Crippen LogP contribution in [0, 0.1) is 27.3 Å². The summed E-state index contributed by atoms with van der Waals surface area (Å²) in [5.74, 6) is -0.689. The van der Waals surface area contributed by atoms with Gasteiger partial charge in [-0.15, -0.1) is 0 Å². The molecule has 3 aromatic carbocycles. The van der Waals surface area contributed by atoms with Crippen LogP contribution >= 0.6 is 136 Å². The minimum atomic E-state index is -4.21. The van der Waals surface area contributed by atoms with E-state index in [0.29, 0.717) is 25.1 Å². The molecule has 19 heteroatoms. The number of nitrogens with zero attached hydrogens (tertiary/aromatic N) is 3. The fourth-order valence-electron chi connectivity index (χ4n) is 10.1. The zero-order valence-corrected chi connectivity index (χ0v) is 53.2. The van der Waals surface area contributed by atoms with E-state index in [9.17, 15) is 35.5 Å². The van der Waals surface area contributed by atoms with E-state index in [2.05, 4.69) is 184 Å². The van der Waals surface area contributed by atoms with Gasteiger partial charge in [0.1, 0.15) is 12.1 Å². The van der Waals surface area contributed by atoms with Gasteiger partial charge in [-0.1, -0.05) is 74.6 Å². The van der Waals surface area contributed by atoms with Gasteiger partial charge in [0.2, 0.25) is 5.69 Å². The average molecular weight is 1650 g/mol. The SMILES string of the molecule is CCC(C)C(=O)C1CC=C2N1C2(C)C(=O)c1ccc(C2(C)/C(=C/C=C/C=C/C=C/C3=[N+](CCCS(=O)(=O)O)c4cc(I)c(I)c(I)c4C3(C)C)N(CCCS(=O)(=O)O)c3cc(I)c(I)c(I)c32)cc1. The Morgan fingerprint density at radius 2 is 1.39 bits per heavy atom. The number of Topliss-reactive ketones (excluding diaryl/α,β-unsaturated/α-hetero) is 2. The van der Waals surface area contributed by atoms with Gasteiger partial charge in [-0.25, -0.2) is 0 Å². The smallest absolute Gasteiger partial charge is 0.265 e. The number of carbonyl (C=O) groups is 2. The molecule has 4 unspecified atom stereocenters. The topological polar surface area (TPSA) is 152 Å². The molecule has 7 rings (SSSR count). The predicted octanol–water partition coefficient (Wildman–Crippen LogP) is 12.2. The second kappa shape index (κ2) is 21.4. The number of allylic oxidation sites excluding steroid dienone is 8. The molecule has 0 bridgehead atoms. The molecule has 4 aliphatic heterocycles. The maximum Gasteiger partial charge on any atom is 0.265 e. The van der Waals surface area contributed by atoms with E-state index < -0.39 is 36.9 Å². The molecule has 368 valence electrons. The number of benzene rings is 3. The van der Waals surface area contributed by atoms with Crippen molar-refractivity contribution in [3.8, 4) is 0 Å². The lowest BCUT2D eigenvalue weighted by atomic mass is 9.75. The van der Waals surface area contributed by atoms with Crippen molar-refractivity contribution in [1.29, 1.82) is 0 Å². The minimum absolute atomic E-state index is 0.0485. The van der Waals surface area contributed by atoms with E-state index >= 15 is 0 Å². The molecule has 0 spiro atoms. The summed E-state index contributed by atoms with van der Waals surface area (Å²) in [6.07, 6.45) is 17.7. The van der Waals surface area contributed by atoms with E-state index in [-0.39, 0.29) is 47.5 Å².